The molecule has 1 aliphatic heterocycles. The van der Waals surface area contributed by atoms with Gasteiger partial charge < -0.3 is 4.90 Å². The van der Waals surface area contributed by atoms with Gasteiger partial charge in [-0.25, -0.2) is 0 Å². The lowest BCUT2D eigenvalue weighted by Crippen LogP contribution is -2.29. The van der Waals surface area contributed by atoms with E-state index in [4.69, 9.17) is 0 Å². The Morgan fingerprint density at radius 3 is 2.22 bits per heavy atom. The molecule has 0 aromatic heterocycles. The summed E-state index contributed by atoms with van der Waals surface area (Å²) < 4.78 is 0. The van der Waals surface area contributed by atoms with E-state index in [1.165, 1.54) is 4.90 Å². The van der Waals surface area contributed by atoms with E-state index >= 15 is 0 Å². The maximum Gasteiger partial charge on any atom is 0.290 e. The summed E-state index contributed by atoms with van der Waals surface area (Å²) in [5.74, 6) is -2.28. The van der Waals surface area contributed by atoms with Crippen LogP contribution in [0.4, 0.5) is 0 Å². The molecule has 3 rings (SSSR count). The van der Waals surface area contributed by atoms with Crippen molar-refractivity contribution in [3.05, 3.63) is 71.8 Å². The molecule has 116 valence electrons. The summed E-state index contributed by atoms with van der Waals surface area (Å²) in [6.45, 7) is 0.630. The zero-order chi connectivity index (χ0) is 16.2. The highest BCUT2D eigenvalue weighted by Gasteiger charge is 2.42. The SMILES string of the molecule is O=C1C(=O)N(CCc2ccccc2)C[C@H]1C(=O)c1ccccc1. The topological polar surface area (TPSA) is 54.5 Å². The summed E-state index contributed by atoms with van der Waals surface area (Å²) in [4.78, 5) is 38.1. The third kappa shape index (κ3) is 3.21. The number of ketones is 2. The second kappa shape index (κ2) is 6.57. The molecule has 1 saturated heterocycles. The Kier molecular flexibility index (Phi) is 4.33. The van der Waals surface area contributed by atoms with Gasteiger partial charge in [-0.05, 0) is 12.0 Å². The average Bonchev–Trinajstić information content (AvgIpc) is 2.89. The Hall–Kier alpha value is -2.75. The third-order valence-electron chi connectivity index (χ3n) is 4.11. The minimum Gasteiger partial charge on any atom is -0.335 e. The van der Waals surface area contributed by atoms with Crippen molar-refractivity contribution in [2.45, 2.75) is 6.42 Å². The Labute approximate surface area is 134 Å². The van der Waals surface area contributed by atoms with Crippen molar-refractivity contribution in [2.75, 3.05) is 13.1 Å². The van der Waals surface area contributed by atoms with E-state index in [0.29, 0.717) is 18.5 Å². The zero-order valence-electron chi connectivity index (χ0n) is 12.6. The van der Waals surface area contributed by atoms with E-state index in [0.717, 1.165) is 5.56 Å². The van der Waals surface area contributed by atoms with Crippen LogP contribution in [0.5, 0.6) is 0 Å². The summed E-state index contributed by atoms with van der Waals surface area (Å²) in [5.41, 5.74) is 1.58. The van der Waals surface area contributed by atoms with Gasteiger partial charge in [0.15, 0.2) is 5.78 Å². The Morgan fingerprint density at radius 2 is 1.57 bits per heavy atom. The largest absolute Gasteiger partial charge is 0.335 e. The predicted octanol–water partition coefficient (Wildman–Crippen LogP) is 2.14. The van der Waals surface area contributed by atoms with Crippen molar-refractivity contribution in [3.8, 4) is 0 Å². The zero-order valence-corrected chi connectivity index (χ0v) is 12.6. The first-order valence-electron chi connectivity index (χ1n) is 7.63. The van der Waals surface area contributed by atoms with Crippen LogP contribution in [-0.4, -0.2) is 35.5 Å². The summed E-state index contributed by atoms with van der Waals surface area (Å²) in [5, 5.41) is 0. The lowest BCUT2D eigenvalue weighted by molar-refractivity contribution is -0.140. The smallest absolute Gasteiger partial charge is 0.290 e. The molecule has 1 fully saturated rings. The van der Waals surface area contributed by atoms with Crippen LogP contribution in [-0.2, 0) is 16.0 Å². The molecule has 2 aromatic carbocycles. The number of amides is 1. The van der Waals surface area contributed by atoms with Crippen LogP contribution in [0, 0.1) is 5.92 Å². The van der Waals surface area contributed by atoms with Crippen LogP contribution in [0.2, 0.25) is 0 Å². The Morgan fingerprint density at radius 1 is 0.957 bits per heavy atom. The van der Waals surface area contributed by atoms with Gasteiger partial charge in [-0.15, -0.1) is 0 Å². The first-order chi connectivity index (χ1) is 11.2. The molecular weight excluding hydrogens is 290 g/mol. The quantitative estimate of drug-likeness (QED) is 0.483. The number of benzene rings is 2. The molecule has 1 amide bonds. The fraction of sp³-hybridized carbons (Fsp3) is 0.211. The highest BCUT2D eigenvalue weighted by Crippen LogP contribution is 2.19. The first-order valence-corrected chi connectivity index (χ1v) is 7.63. The molecule has 2 aromatic rings. The van der Waals surface area contributed by atoms with Gasteiger partial charge >= 0.3 is 0 Å². The molecule has 0 aliphatic carbocycles. The van der Waals surface area contributed by atoms with Crippen molar-refractivity contribution in [3.63, 3.8) is 0 Å². The summed E-state index contributed by atoms with van der Waals surface area (Å²) >= 11 is 0. The molecule has 0 radical (unpaired) electrons. The fourth-order valence-electron chi connectivity index (χ4n) is 2.80. The van der Waals surface area contributed by atoms with E-state index in [2.05, 4.69) is 0 Å². The molecule has 1 atom stereocenters. The van der Waals surface area contributed by atoms with Gasteiger partial charge in [-0.2, -0.15) is 0 Å². The minimum absolute atomic E-state index is 0.179. The number of hydrogen-bond donors (Lipinski definition) is 0. The molecule has 0 unspecified atom stereocenters. The second-order valence-electron chi connectivity index (χ2n) is 5.63. The average molecular weight is 307 g/mol. The summed E-state index contributed by atoms with van der Waals surface area (Å²) in [7, 11) is 0. The number of rotatable bonds is 5. The molecule has 1 heterocycles. The van der Waals surface area contributed by atoms with Gasteiger partial charge in [0.05, 0.1) is 0 Å². The van der Waals surface area contributed by atoms with Crippen molar-refractivity contribution >= 4 is 17.5 Å². The Balaban J connectivity index is 1.68. The molecule has 0 saturated carbocycles. The molecule has 23 heavy (non-hydrogen) atoms. The number of likely N-dealkylation sites (tertiary alicyclic amines) is 1. The predicted molar refractivity (Wildman–Crippen MR) is 86.0 cm³/mol. The second-order valence-corrected chi connectivity index (χ2v) is 5.63. The Bertz CT molecular complexity index is 725. The van der Waals surface area contributed by atoms with Gasteiger partial charge in [0.1, 0.15) is 5.92 Å². The summed E-state index contributed by atoms with van der Waals surface area (Å²) in [6.07, 6.45) is 0.673. The third-order valence-corrected chi connectivity index (χ3v) is 4.11. The van der Waals surface area contributed by atoms with E-state index in [9.17, 15) is 14.4 Å². The van der Waals surface area contributed by atoms with E-state index in [1.807, 2.05) is 36.4 Å². The molecule has 4 heteroatoms. The van der Waals surface area contributed by atoms with Crippen molar-refractivity contribution in [2.24, 2.45) is 5.92 Å². The number of nitrogens with zero attached hydrogens (tertiary/aromatic N) is 1. The minimum atomic E-state index is -0.874. The van der Waals surface area contributed by atoms with Gasteiger partial charge in [0.25, 0.3) is 5.91 Å². The highest BCUT2D eigenvalue weighted by molar-refractivity contribution is 6.43. The molecule has 1 aliphatic rings. The molecule has 0 spiro atoms. The normalized spacial score (nSPS) is 17.6. The van der Waals surface area contributed by atoms with E-state index in [-0.39, 0.29) is 12.3 Å². The van der Waals surface area contributed by atoms with E-state index in [1.54, 1.807) is 24.3 Å². The van der Waals surface area contributed by atoms with Gasteiger partial charge in [0, 0.05) is 18.7 Å². The monoisotopic (exact) mass is 307 g/mol. The maximum atomic E-state index is 12.4. The van der Waals surface area contributed by atoms with Crippen LogP contribution in [0.3, 0.4) is 0 Å². The highest BCUT2D eigenvalue weighted by atomic mass is 16.2. The van der Waals surface area contributed by atoms with Crippen LogP contribution in [0.15, 0.2) is 60.7 Å². The van der Waals surface area contributed by atoms with Crippen LogP contribution < -0.4 is 0 Å². The summed E-state index contributed by atoms with van der Waals surface area (Å²) in [6, 6.07) is 18.4. The van der Waals surface area contributed by atoms with Crippen LogP contribution >= 0.6 is 0 Å². The standard InChI is InChI=1S/C19H17NO3/c21-17(15-9-5-2-6-10-15)16-13-20(19(23)18(16)22)12-11-14-7-3-1-4-8-14/h1-10,16H,11-13H2/t16-/m0/s1. The van der Waals surface area contributed by atoms with E-state index < -0.39 is 17.6 Å². The molecular formula is C19H17NO3. The van der Waals surface area contributed by atoms with Crippen molar-refractivity contribution in [1.82, 2.24) is 4.90 Å². The van der Waals surface area contributed by atoms with Gasteiger partial charge in [0.2, 0.25) is 5.78 Å². The fourth-order valence-corrected chi connectivity index (χ4v) is 2.80. The van der Waals surface area contributed by atoms with Crippen LogP contribution in [0.1, 0.15) is 15.9 Å². The van der Waals surface area contributed by atoms with Gasteiger partial charge in [-0.3, -0.25) is 14.4 Å². The lowest BCUT2D eigenvalue weighted by atomic mass is 9.96. The van der Waals surface area contributed by atoms with Crippen molar-refractivity contribution in [1.29, 1.82) is 0 Å². The maximum absolute atomic E-state index is 12.4. The number of carbonyl (C=O) groups excluding carboxylic acids is 3. The first kappa shape index (κ1) is 15.2. The molecule has 0 N–H and O–H groups in total. The number of hydrogen-bond acceptors (Lipinski definition) is 3. The van der Waals surface area contributed by atoms with Crippen molar-refractivity contribution < 1.29 is 14.4 Å². The lowest BCUT2D eigenvalue weighted by Gasteiger charge is -2.15. The molecule has 0 bridgehead atoms. The van der Waals surface area contributed by atoms with Crippen LogP contribution in [0.25, 0.3) is 0 Å². The number of Topliss-reactive ketones (excluding diaryl/α,β-unsaturated/α-hetero) is 2. The van der Waals surface area contributed by atoms with Gasteiger partial charge in [-0.1, -0.05) is 60.7 Å². The molecule has 4 nitrogen and oxygen atoms in total. The number of carbonyl (C=O) groups is 3.